The summed E-state index contributed by atoms with van der Waals surface area (Å²) in [6, 6.07) is -0.428. The van der Waals surface area contributed by atoms with Crippen LogP contribution in [0.4, 0.5) is 0 Å². The summed E-state index contributed by atoms with van der Waals surface area (Å²) >= 11 is 0. The van der Waals surface area contributed by atoms with Crippen molar-refractivity contribution >= 4 is 12.2 Å². The first-order valence-corrected chi connectivity index (χ1v) is 9.61. The van der Waals surface area contributed by atoms with Crippen LogP contribution in [0.15, 0.2) is 0 Å². The number of nitrogens with two attached hydrogens (primary N) is 1. The molecule has 0 aliphatic carbocycles. The number of likely N-dealkylation sites (N-methyl/N-ethyl adjacent to an activating group) is 1. The maximum absolute atomic E-state index is 10.2. The number of aldehydes is 1. The van der Waals surface area contributed by atoms with E-state index in [1.807, 2.05) is 96.9 Å². The standard InChI is InChI=1S/C5H10N2O2.7C2H6/c1-7-4(3-8)2-5(6)9;7*1-2/h3-4,7H,2H2,1H3,(H2,6,9);7*1-2H3/t4-;;;;;;;/m0......./s1. The maximum atomic E-state index is 10.2. The Hall–Kier alpha value is -0.900. The Balaban J connectivity index is -0.0000000226. The minimum Gasteiger partial charge on any atom is -0.370 e. The molecule has 0 saturated heterocycles. The predicted molar refractivity (Wildman–Crippen MR) is 112 cm³/mol. The lowest BCUT2D eigenvalue weighted by molar-refractivity contribution is -0.120. The lowest BCUT2D eigenvalue weighted by Crippen LogP contribution is -2.31. The monoisotopic (exact) mass is 340 g/mol. The molecule has 0 aromatic rings. The number of hydrogen-bond donors (Lipinski definition) is 2. The summed E-state index contributed by atoms with van der Waals surface area (Å²) in [7, 11) is 1.60. The lowest BCUT2D eigenvalue weighted by Gasteiger charge is -2.03. The molecule has 0 rings (SSSR count). The molecule has 0 spiro atoms. The van der Waals surface area contributed by atoms with Gasteiger partial charge in [0, 0.05) is 6.42 Å². The van der Waals surface area contributed by atoms with Gasteiger partial charge in [0.2, 0.25) is 5.91 Å². The number of primary amides is 1. The number of hydrogen-bond acceptors (Lipinski definition) is 3. The molecule has 4 nitrogen and oxygen atoms in total. The van der Waals surface area contributed by atoms with Gasteiger partial charge in [-0.05, 0) is 7.05 Å². The molecule has 0 bridgehead atoms. The number of carbonyl (C=O) groups is 2. The molecule has 3 N–H and O–H groups in total. The van der Waals surface area contributed by atoms with E-state index in [9.17, 15) is 9.59 Å². The molecular weight excluding hydrogens is 288 g/mol. The van der Waals surface area contributed by atoms with Crippen LogP contribution in [0.25, 0.3) is 0 Å². The van der Waals surface area contributed by atoms with E-state index >= 15 is 0 Å². The van der Waals surface area contributed by atoms with Crippen LogP contribution < -0.4 is 11.1 Å². The second kappa shape index (κ2) is 130. The molecule has 0 fully saturated rings. The van der Waals surface area contributed by atoms with Crippen molar-refractivity contribution in [1.29, 1.82) is 0 Å². The van der Waals surface area contributed by atoms with Crippen molar-refractivity contribution in [2.24, 2.45) is 5.73 Å². The van der Waals surface area contributed by atoms with Crippen LogP contribution >= 0.6 is 0 Å². The molecule has 4 heteroatoms. The van der Waals surface area contributed by atoms with Crippen molar-refractivity contribution in [2.45, 2.75) is 109 Å². The second-order valence-electron chi connectivity index (χ2n) is 1.70. The van der Waals surface area contributed by atoms with Gasteiger partial charge in [0.05, 0.1) is 6.04 Å². The Morgan fingerprint density at radius 1 is 0.783 bits per heavy atom. The highest BCUT2D eigenvalue weighted by Gasteiger charge is 2.05. The van der Waals surface area contributed by atoms with Crippen LogP contribution in [-0.4, -0.2) is 25.3 Å². The van der Waals surface area contributed by atoms with Crippen molar-refractivity contribution in [3.8, 4) is 0 Å². The second-order valence-corrected chi connectivity index (χ2v) is 1.70. The summed E-state index contributed by atoms with van der Waals surface area (Å²) < 4.78 is 0. The summed E-state index contributed by atoms with van der Waals surface area (Å²) in [5.74, 6) is -0.471. The first kappa shape index (κ1) is 49.5. The first-order valence-electron chi connectivity index (χ1n) is 9.61. The van der Waals surface area contributed by atoms with E-state index in [1.54, 1.807) is 7.05 Å². The van der Waals surface area contributed by atoms with Gasteiger partial charge in [-0.25, -0.2) is 0 Å². The first-order chi connectivity index (χ1) is 11.2. The largest absolute Gasteiger partial charge is 0.370 e. The number of carbonyl (C=O) groups excluding carboxylic acids is 2. The Morgan fingerprint density at radius 3 is 1.04 bits per heavy atom. The Labute approximate surface area is 150 Å². The van der Waals surface area contributed by atoms with E-state index in [2.05, 4.69) is 5.32 Å². The zero-order chi connectivity index (χ0) is 21.3. The SMILES string of the molecule is CC.CC.CC.CC.CC.CC.CC.CN[C@H](C=O)CC(N)=O. The fraction of sp³-hybridized carbons (Fsp3) is 0.895. The highest BCUT2D eigenvalue weighted by molar-refractivity contribution is 5.78. The van der Waals surface area contributed by atoms with Crippen LogP contribution in [0.1, 0.15) is 103 Å². The van der Waals surface area contributed by atoms with E-state index in [4.69, 9.17) is 5.73 Å². The van der Waals surface area contributed by atoms with Crippen molar-refractivity contribution in [3.63, 3.8) is 0 Å². The molecule has 0 saturated carbocycles. The van der Waals surface area contributed by atoms with Crippen molar-refractivity contribution in [3.05, 3.63) is 0 Å². The molecule has 0 heterocycles. The molecule has 0 radical (unpaired) electrons. The molecule has 150 valence electrons. The smallest absolute Gasteiger partial charge is 0.219 e. The highest BCUT2D eigenvalue weighted by atomic mass is 16.1. The summed E-state index contributed by atoms with van der Waals surface area (Å²) in [4.78, 5) is 20.2. The zero-order valence-electron chi connectivity index (χ0n) is 19.3. The third-order valence-corrected chi connectivity index (χ3v) is 0.956. The lowest BCUT2D eigenvalue weighted by atomic mass is 10.2. The summed E-state index contributed by atoms with van der Waals surface area (Å²) in [5.41, 5.74) is 4.81. The van der Waals surface area contributed by atoms with Crippen molar-refractivity contribution in [2.75, 3.05) is 7.05 Å². The Morgan fingerprint density at radius 2 is 1.00 bits per heavy atom. The van der Waals surface area contributed by atoms with Gasteiger partial charge in [-0.3, -0.25) is 4.79 Å². The van der Waals surface area contributed by atoms with E-state index in [1.165, 1.54) is 0 Å². The summed E-state index contributed by atoms with van der Waals surface area (Å²) in [5, 5.41) is 2.61. The fourth-order valence-corrected chi connectivity index (χ4v) is 0.435. The number of nitrogens with one attached hydrogen (secondary N) is 1. The zero-order valence-corrected chi connectivity index (χ0v) is 19.3. The topological polar surface area (TPSA) is 72.2 Å². The molecule has 0 unspecified atom stereocenters. The molecule has 0 aromatic heterocycles. The summed E-state index contributed by atoms with van der Waals surface area (Å²) in [6.07, 6.45) is 0.727. The van der Waals surface area contributed by atoms with E-state index in [-0.39, 0.29) is 6.42 Å². The van der Waals surface area contributed by atoms with Crippen LogP contribution in [-0.2, 0) is 9.59 Å². The van der Waals surface area contributed by atoms with Gasteiger partial charge < -0.3 is 15.8 Å². The third kappa shape index (κ3) is 153. The minimum absolute atomic E-state index is 0.0694. The van der Waals surface area contributed by atoms with Gasteiger partial charge in [0.15, 0.2) is 0 Å². The van der Waals surface area contributed by atoms with Gasteiger partial charge in [0.25, 0.3) is 0 Å². The molecule has 0 aliphatic rings. The van der Waals surface area contributed by atoms with Crippen LogP contribution in [0.5, 0.6) is 0 Å². The van der Waals surface area contributed by atoms with E-state index in [0.29, 0.717) is 6.29 Å². The molecule has 1 amide bonds. The third-order valence-electron chi connectivity index (χ3n) is 0.956. The van der Waals surface area contributed by atoms with Crippen LogP contribution in [0.2, 0.25) is 0 Å². The molecule has 0 aliphatic heterocycles. The molecule has 0 aromatic carbocycles. The molecule has 23 heavy (non-hydrogen) atoms. The summed E-state index contributed by atoms with van der Waals surface area (Å²) in [6.45, 7) is 28.0. The minimum atomic E-state index is -0.471. The van der Waals surface area contributed by atoms with Gasteiger partial charge in [-0.1, -0.05) is 96.9 Å². The fourth-order valence-electron chi connectivity index (χ4n) is 0.435. The highest BCUT2D eigenvalue weighted by Crippen LogP contribution is 1.82. The van der Waals surface area contributed by atoms with E-state index in [0.717, 1.165) is 0 Å². The van der Waals surface area contributed by atoms with Crippen molar-refractivity contribution < 1.29 is 9.59 Å². The Bertz CT molecular complexity index is 120. The normalized spacial score (nSPS) is 6.74. The molecular formula is C19H52N2O2. The quantitative estimate of drug-likeness (QED) is 0.632. The Kier molecular flexibility index (Phi) is 280. The van der Waals surface area contributed by atoms with Gasteiger partial charge in [-0.15, -0.1) is 0 Å². The maximum Gasteiger partial charge on any atom is 0.219 e. The van der Waals surface area contributed by atoms with Gasteiger partial charge in [0.1, 0.15) is 6.29 Å². The average molecular weight is 341 g/mol. The predicted octanol–water partition coefficient (Wildman–Crippen LogP) is 5.83. The van der Waals surface area contributed by atoms with Crippen molar-refractivity contribution in [1.82, 2.24) is 5.32 Å². The van der Waals surface area contributed by atoms with Crippen LogP contribution in [0.3, 0.4) is 0 Å². The van der Waals surface area contributed by atoms with Crippen LogP contribution in [0, 0.1) is 0 Å². The average Bonchev–Trinajstić information content (AvgIpc) is 2.70. The molecule has 1 atom stereocenters. The van der Waals surface area contributed by atoms with Gasteiger partial charge in [-0.2, -0.15) is 0 Å². The van der Waals surface area contributed by atoms with Gasteiger partial charge >= 0.3 is 0 Å². The number of amides is 1. The number of rotatable bonds is 4. The van der Waals surface area contributed by atoms with E-state index < -0.39 is 11.9 Å².